The van der Waals surface area contributed by atoms with Gasteiger partial charge in [-0.05, 0) is 44.0 Å². The van der Waals surface area contributed by atoms with Crippen molar-refractivity contribution in [3.05, 3.63) is 30.1 Å². The number of carboxylic acid groups (broad SMARTS) is 1. The fraction of sp³-hybridized carbons (Fsp3) is 0.429. The van der Waals surface area contributed by atoms with Gasteiger partial charge < -0.3 is 10.0 Å². The van der Waals surface area contributed by atoms with Gasteiger partial charge in [0.15, 0.2) is 0 Å². The quantitative estimate of drug-likeness (QED) is 0.904. The van der Waals surface area contributed by atoms with Crippen molar-refractivity contribution in [3.63, 3.8) is 0 Å². The van der Waals surface area contributed by atoms with E-state index in [0.717, 1.165) is 0 Å². The third-order valence-electron chi connectivity index (χ3n) is 3.83. The number of rotatable bonds is 2. The smallest absolute Gasteiger partial charge is 0.329 e. The minimum Gasteiger partial charge on any atom is -0.480 e. The van der Waals surface area contributed by atoms with Crippen LogP contribution in [-0.4, -0.2) is 41.1 Å². The first-order chi connectivity index (χ1) is 9.36. The number of amides is 2. The average Bonchev–Trinajstić information content (AvgIpc) is 2.81. The third-order valence-corrected chi connectivity index (χ3v) is 3.83. The Hall–Kier alpha value is -2.11. The highest BCUT2D eigenvalue weighted by Crippen LogP contribution is 2.31. The van der Waals surface area contributed by atoms with Crippen LogP contribution in [0, 0.1) is 5.82 Å². The van der Waals surface area contributed by atoms with Crippen molar-refractivity contribution in [3.8, 4) is 0 Å². The lowest BCUT2D eigenvalue weighted by molar-refractivity contribution is -0.147. The zero-order valence-corrected chi connectivity index (χ0v) is 11.5. The lowest BCUT2D eigenvalue weighted by Gasteiger charge is -2.34. The molecule has 1 fully saturated rings. The van der Waals surface area contributed by atoms with Gasteiger partial charge in [-0.3, -0.25) is 4.90 Å². The Morgan fingerprint density at radius 2 is 1.95 bits per heavy atom. The number of hydrogen-bond acceptors (Lipinski definition) is 2. The molecular formula is C14H17FN2O3. The van der Waals surface area contributed by atoms with Gasteiger partial charge in [-0.2, -0.15) is 0 Å². The van der Waals surface area contributed by atoms with E-state index >= 15 is 0 Å². The van der Waals surface area contributed by atoms with Gasteiger partial charge in [-0.15, -0.1) is 0 Å². The number of anilines is 1. The number of nitrogens with zero attached hydrogens (tertiary/aromatic N) is 2. The van der Waals surface area contributed by atoms with Gasteiger partial charge in [0.1, 0.15) is 11.4 Å². The second-order valence-electron chi connectivity index (χ2n) is 5.15. The van der Waals surface area contributed by atoms with Crippen molar-refractivity contribution in [2.75, 3.05) is 18.5 Å². The predicted molar refractivity (Wildman–Crippen MR) is 72.2 cm³/mol. The molecule has 0 radical (unpaired) electrons. The maximum atomic E-state index is 12.9. The van der Waals surface area contributed by atoms with Crippen LogP contribution in [0.2, 0.25) is 0 Å². The molecule has 1 aromatic rings. The summed E-state index contributed by atoms with van der Waals surface area (Å²) in [7, 11) is 1.55. The van der Waals surface area contributed by atoms with Gasteiger partial charge >= 0.3 is 12.0 Å². The summed E-state index contributed by atoms with van der Waals surface area (Å²) in [6, 6.07) is 5.11. The van der Waals surface area contributed by atoms with E-state index in [2.05, 4.69) is 0 Å². The minimum atomic E-state index is -1.18. The molecule has 1 heterocycles. The molecule has 2 rings (SSSR count). The summed E-state index contributed by atoms with van der Waals surface area (Å²) in [6.45, 7) is 1.96. The van der Waals surface area contributed by atoms with Crippen molar-refractivity contribution in [1.82, 2.24) is 4.90 Å². The van der Waals surface area contributed by atoms with Crippen LogP contribution in [0.4, 0.5) is 14.9 Å². The molecule has 1 aliphatic heterocycles. The molecule has 0 spiro atoms. The molecule has 5 nitrogen and oxygen atoms in total. The zero-order chi connectivity index (χ0) is 14.9. The molecule has 6 heteroatoms. The topological polar surface area (TPSA) is 60.9 Å². The van der Waals surface area contributed by atoms with Crippen LogP contribution in [0.1, 0.15) is 19.8 Å². The summed E-state index contributed by atoms with van der Waals surface area (Å²) in [6.07, 6.45) is 1.09. The first kappa shape index (κ1) is 14.3. The molecule has 1 aliphatic rings. The van der Waals surface area contributed by atoms with E-state index in [1.807, 2.05) is 0 Å². The summed E-state index contributed by atoms with van der Waals surface area (Å²) >= 11 is 0. The van der Waals surface area contributed by atoms with Crippen LogP contribution in [0.5, 0.6) is 0 Å². The number of likely N-dealkylation sites (tertiary alicyclic amines) is 1. The Morgan fingerprint density at radius 1 is 1.35 bits per heavy atom. The van der Waals surface area contributed by atoms with E-state index < -0.39 is 11.5 Å². The highest BCUT2D eigenvalue weighted by molar-refractivity contribution is 5.95. The van der Waals surface area contributed by atoms with Gasteiger partial charge in [0.2, 0.25) is 0 Å². The molecule has 1 saturated heterocycles. The SMILES string of the molecule is CN(C(=O)N1CCCC1(C)C(=O)O)c1ccc(F)cc1. The van der Waals surface area contributed by atoms with Crippen molar-refractivity contribution < 1.29 is 19.1 Å². The second-order valence-corrected chi connectivity index (χ2v) is 5.15. The largest absolute Gasteiger partial charge is 0.480 e. The first-order valence-corrected chi connectivity index (χ1v) is 6.40. The van der Waals surface area contributed by atoms with Crippen LogP contribution in [0.3, 0.4) is 0 Å². The minimum absolute atomic E-state index is 0.383. The van der Waals surface area contributed by atoms with Crippen LogP contribution in [0.15, 0.2) is 24.3 Å². The van der Waals surface area contributed by atoms with Crippen LogP contribution in [0.25, 0.3) is 0 Å². The molecule has 0 saturated carbocycles. The molecule has 2 amide bonds. The van der Waals surface area contributed by atoms with Crippen LogP contribution >= 0.6 is 0 Å². The number of carbonyl (C=O) groups excluding carboxylic acids is 1. The summed E-state index contributed by atoms with van der Waals surface area (Å²) in [5, 5.41) is 9.32. The van der Waals surface area contributed by atoms with E-state index in [-0.39, 0.29) is 11.8 Å². The second kappa shape index (κ2) is 5.11. The van der Waals surface area contributed by atoms with Gasteiger partial charge in [0.05, 0.1) is 0 Å². The van der Waals surface area contributed by atoms with Crippen LogP contribution in [-0.2, 0) is 4.79 Å². The van der Waals surface area contributed by atoms with Crippen molar-refractivity contribution in [1.29, 1.82) is 0 Å². The third kappa shape index (κ3) is 2.33. The monoisotopic (exact) mass is 280 g/mol. The molecule has 1 atom stereocenters. The molecule has 20 heavy (non-hydrogen) atoms. The fourth-order valence-corrected chi connectivity index (χ4v) is 2.45. The number of benzene rings is 1. The molecule has 0 aliphatic carbocycles. The van der Waals surface area contributed by atoms with Gasteiger partial charge in [-0.1, -0.05) is 0 Å². The molecule has 0 bridgehead atoms. The van der Waals surface area contributed by atoms with Gasteiger partial charge in [0.25, 0.3) is 0 Å². The van der Waals surface area contributed by atoms with Gasteiger partial charge in [-0.25, -0.2) is 14.0 Å². The van der Waals surface area contributed by atoms with E-state index in [9.17, 15) is 19.1 Å². The number of aliphatic carboxylic acids is 1. The Labute approximate surface area is 116 Å². The lowest BCUT2D eigenvalue weighted by atomic mass is 10.00. The maximum absolute atomic E-state index is 12.9. The average molecular weight is 280 g/mol. The number of carbonyl (C=O) groups is 2. The Morgan fingerprint density at radius 3 is 2.50 bits per heavy atom. The van der Waals surface area contributed by atoms with Gasteiger partial charge in [0, 0.05) is 19.3 Å². The highest BCUT2D eigenvalue weighted by Gasteiger charge is 2.46. The number of urea groups is 1. The standard InChI is InChI=1S/C14H17FN2O3/c1-14(12(18)19)8-3-9-17(14)13(20)16(2)11-6-4-10(15)5-7-11/h4-7H,3,8-9H2,1-2H3,(H,18,19). The Kier molecular flexibility index (Phi) is 3.65. The molecule has 108 valence electrons. The van der Waals surface area contributed by atoms with Crippen molar-refractivity contribution in [2.45, 2.75) is 25.3 Å². The Bertz CT molecular complexity index is 532. The summed E-state index contributed by atoms with van der Waals surface area (Å²) in [4.78, 5) is 26.5. The summed E-state index contributed by atoms with van der Waals surface area (Å²) < 4.78 is 12.9. The molecule has 1 N–H and O–H groups in total. The first-order valence-electron chi connectivity index (χ1n) is 6.40. The van der Waals surface area contributed by atoms with Crippen LogP contribution < -0.4 is 4.90 Å². The highest BCUT2D eigenvalue weighted by atomic mass is 19.1. The maximum Gasteiger partial charge on any atom is 0.329 e. The number of hydrogen-bond donors (Lipinski definition) is 1. The van der Waals surface area contributed by atoms with Crippen molar-refractivity contribution >= 4 is 17.7 Å². The number of carboxylic acids is 1. The van der Waals surface area contributed by atoms with E-state index in [1.165, 1.54) is 34.1 Å². The fourth-order valence-electron chi connectivity index (χ4n) is 2.45. The Balaban J connectivity index is 2.22. The summed E-state index contributed by atoms with van der Waals surface area (Å²) in [5.41, 5.74) is -0.651. The predicted octanol–water partition coefficient (Wildman–Crippen LogP) is 2.32. The van der Waals surface area contributed by atoms with Crippen molar-refractivity contribution in [2.24, 2.45) is 0 Å². The van der Waals surface area contributed by atoms with E-state index in [0.29, 0.717) is 25.1 Å². The normalized spacial score (nSPS) is 21.9. The zero-order valence-electron chi connectivity index (χ0n) is 11.5. The molecule has 1 unspecified atom stereocenters. The lowest BCUT2D eigenvalue weighted by Crippen LogP contribution is -2.54. The molecule has 0 aromatic heterocycles. The van der Waals surface area contributed by atoms with E-state index in [1.54, 1.807) is 14.0 Å². The molecule has 1 aromatic carbocycles. The van der Waals surface area contributed by atoms with E-state index in [4.69, 9.17) is 0 Å². The number of halogens is 1. The summed E-state index contributed by atoms with van der Waals surface area (Å²) in [5.74, 6) is -1.39. The molecular weight excluding hydrogens is 263 g/mol.